The largest absolute Gasteiger partial charge is 0.435 e. The smallest absolute Gasteiger partial charge is 0.241 e. The van der Waals surface area contributed by atoms with Crippen LogP contribution in [0.2, 0.25) is 0 Å². The van der Waals surface area contributed by atoms with Crippen molar-refractivity contribution in [3.63, 3.8) is 0 Å². The van der Waals surface area contributed by atoms with Gasteiger partial charge < -0.3 is 9.64 Å². The molecule has 1 amide bonds. The number of piperidine rings is 1. The van der Waals surface area contributed by atoms with E-state index in [2.05, 4.69) is 19.9 Å². The maximum Gasteiger partial charge on any atom is 0.241 e. The van der Waals surface area contributed by atoms with Gasteiger partial charge in [0.05, 0.1) is 12.2 Å². The Morgan fingerprint density at radius 3 is 2.54 bits per heavy atom. The monoisotopic (exact) mass is 383 g/mol. The molecule has 0 radical (unpaired) electrons. The molecule has 2 aromatic rings. The lowest BCUT2D eigenvalue weighted by molar-refractivity contribution is -0.132. The van der Waals surface area contributed by atoms with Crippen molar-refractivity contribution in [3.8, 4) is 11.6 Å². The van der Waals surface area contributed by atoms with Crippen molar-refractivity contribution in [2.75, 3.05) is 32.7 Å². The van der Waals surface area contributed by atoms with Crippen LogP contribution in [0, 0.1) is 6.92 Å². The predicted molar refractivity (Wildman–Crippen MR) is 107 cm³/mol. The van der Waals surface area contributed by atoms with Gasteiger partial charge in [0, 0.05) is 37.6 Å². The van der Waals surface area contributed by atoms with Gasteiger partial charge in [-0.05, 0) is 58.8 Å². The number of likely N-dealkylation sites (tertiary alicyclic amines) is 1. The normalized spacial score (nSPS) is 15.4. The lowest BCUT2D eigenvalue weighted by Crippen LogP contribution is -2.43. The SMILES string of the molecule is CCN(CC)C(=O)CN1CCC(c2nccnc2Oc2cccnc2C)CC1. The fraction of sp³-hybridized carbons (Fsp3) is 0.524. The van der Waals surface area contributed by atoms with Crippen LogP contribution >= 0.6 is 0 Å². The van der Waals surface area contributed by atoms with Gasteiger partial charge in [0.25, 0.3) is 0 Å². The third-order valence-corrected chi connectivity index (χ3v) is 5.31. The first-order valence-corrected chi connectivity index (χ1v) is 10.0. The molecule has 0 bridgehead atoms. The van der Waals surface area contributed by atoms with Crippen LogP contribution in [0.1, 0.15) is 44.0 Å². The lowest BCUT2D eigenvalue weighted by atomic mass is 9.93. The Morgan fingerprint density at radius 1 is 1.14 bits per heavy atom. The summed E-state index contributed by atoms with van der Waals surface area (Å²) in [7, 11) is 0. The van der Waals surface area contributed by atoms with Gasteiger partial charge in [-0.25, -0.2) is 4.98 Å². The number of hydrogen-bond donors (Lipinski definition) is 0. The topological polar surface area (TPSA) is 71.5 Å². The van der Waals surface area contributed by atoms with Crippen LogP contribution in [0.4, 0.5) is 0 Å². The van der Waals surface area contributed by atoms with Crippen LogP contribution in [0.5, 0.6) is 11.6 Å². The van der Waals surface area contributed by atoms with Crippen molar-refractivity contribution >= 4 is 5.91 Å². The molecule has 3 heterocycles. The second kappa shape index (κ2) is 9.59. The Hall–Kier alpha value is -2.54. The highest BCUT2D eigenvalue weighted by Gasteiger charge is 2.27. The van der Waals surface area contributed by atoms with E-state index in [1.54, 1.807) is 18.6 Å². The number of hydrogen-bond acceptors (Lipinski definition) is 6. The first kappa shape index (κ1) is 20.2. The zero-order valence-electron chi connectivity index (χ0n) is 17.0. The van der Waals surface area contributed by atoms with E-state index in [9.17, 15) is 4.79 Å². The Bertz CT molecular complexity index is 786. The molecule has 0 aliphatic carbocycles. The summed E-state index contributed by atoms with van der Waals surface area (Å²) < 4.78 is 6.03. The van der Waals surface area contributed by atoms with E-state index in [4.69, 9.17) is 4.74 Å². The maximum atomic E-state index is 12.4. The summed E-state index contributed by atoms with van der Waals surface area (Å²) in [5.74, 6) is 1.74. The number of likely N-dealkylation sites (N-methyl/N-ethyl adjacent to an activating group) is 1. The number of nitrogens with zero attached hydrogens (tertiary/aromatic N) is 5. The fourth-order valence-corrected chi connectivity index (χ4v) is 3.61. The van der Waals surface area contributed by atoms with E-state index in [1.807, 2.05) is 37.8 Å². The summed E-state index contributed by atoms with van der Waals surface area (Å²) in [5.41, 5.74) is 1.71. The first-order chi connectivity index (χ1) is 13.6. The van der Waals surface area contributed by atoms with Gasteiger partial charge in [-0.3, -0.25) is 19.7 Å². The molecule has 0 atom stereocenters. The van der Waals surface area contributed by atoms with Crippen molar-refractivity contribution in [2.45, 2.75) is 39.5 Å². The Morgan fingerprint density at radius 2 is 1.86 bits per heavy atom. The van der Waals surface area contributed by atoms with Gasteiger partial charge in [-0.15, -0.1) is 0 Å². The van der Waals surface area contributed by atoms with Crippen LogP contribution in [-0.2, 0) is 4.79 Å². The zero-order chi connectivity index (χ0) is 19.9. The quantitative estimate of drug-likeness (QED) is 0.732. The second-order valence-corrected chi connectivity index (χ2v) is 7.05. The molecule has 0 spiro atoms. The van der Waals surface area contributed by atoms with Gasteiger partial charge in [-0.1, -0.05) is 0 Å². The van der Waals surface area contributed by atoms with E-state index in [0.717, 1.165) is 50.4 Å². The molecule has 7 nitrogen and oxygen atoms in total. The number of carbonyl (C=O) groups is 1. The molecule has 3 rings (SSSR count). The van der Waals surface area contributed by atoms with Crippen LogP contribution in [0.25, 0.3) is 0 Å². The van der Waals surface area contributed by atoms with Gasteiger partial charge in [0.1, 0.15) is 5.69 Å². The predicted octanol–water partition coefficient (Wildman–Crippen LogP) is 3.02. The Labute approximate surface area is 166 Å². The molecule has 150 valence electrons. The highest BCUT2D eigenvalue weighted by molar-refractivity contribution is 5.78. The van der Waals surface area contributed by atoms with Crippen molar-refractivity contribution in [1.29, 1.82) is 0 Å². The van der Waals surface area contributed by atoms with E-state index in [-0.39, 0.29) is 11.8 Å². The van der Waals surface area contributed by atoms with Crippen LogP contribution in [0.15, 0.2) is 30.7 Å². The summed E-state index contributed by atoms with van der Waals surface area (Å²) in [6.45, 7) is 9.73. The van der Waals surface area contributed by atoms with Crippen LogP contribution in [-0.4, -0.2) is 63.4 Å². The highest BCUT2D eigenvalue weighted by atomic mass is 16.5. The third kappa shape index (κ3) is 4.84. The standard InChI is InChI=1S/C21H29N5O2/c1-4-26(5-2)19(27)15-25-13-8-17(9-14-25)20-21(24-12-11-23-20)28-18-7-6-10-22-16(18)3/h6-7,10-12,17H,4-5,8-9,13-15H2,1-3H3. The molecular weight excluding hydrogens is 354 g/mol. The zero-order valence-corrected chi connectivity index (χ0v) is 17.0. The molecular formula is C21H29N5O2. The Balaban J connectivity index is 1.63. The van der Waals surface area contributed by atoms with Crippen molar-refractivity contribution in [1.82, 2.24) is 24.8 Å². The summed E-state index contributed by atoms with van der Waals surface area (Å²) in [4.78, 5) is 29.7. The number of rotatable bonds is 7. The molecule has 0 unspecified atom stereocenters. The van der Waals surface area contributed by atoms with E-state index >= 15 is 0 Å². The summed E-state index contributed by atoms with van der Waals surface area (Å²) >= 11 is 0. The number of ether oxygens (including phenoxy) is 1. The van der Waals surface area contributed by atoms with Crippen molar-refractivity contribution < 1.29 is 9.53 Å². The molecule has 1 aliphatic heterocycles. The molecule has 1 saturated heterocycles. The fourth-order valence-electron chi connectivity index (χ4n) is 3.61. The number of aromatic nitrogens is 3. The molecule has 7 heteroatoms. The second-order valence-electron chi connectivity index (χ2n) is 7.05. The molecule has 28 heavy (non-hydrogen) atoms. The molecule has 0 aromatic carbocycles. The Kier molecular flexibility index (Phi) is 6.92. The highest BCUT2D eigenvalue weighted by Crippen LogP contribution is 2.33. The minimum Gasteiger partial charge on any atom is -0.435 e. The van der Waals surface area contributed by atoms with Crippen LogP contribution in [0.3, 0.4) is 0 Å². The average Bonchev–Trinajstić information content (AvgIpc) is 2.72. The van der Waals surface area contributed by atoms with E-state index in [0.29, 0.717) is 18.2 Å². The van der Waals surface area contributed by atoms with E-state index < -0.39 is 0 Å². The minimum absolute atomic E-state index is 0.207. The van der Waals surface area contributed by atoms with Gasteiger partial charge >= 0.3 is 0 Å². The van der Waals surface area contributed by atoms with Crippen molar-refractivity contribution in [2.24, 2.45) is 0 Å². The summed E-state index contributed by atoms with van der Waals surface area (Å²) in [6.07, 6.45) is 6.99. The number of aryl methyl sites for hydroxylation is 1. The van der Waals surface area contributed by atoms with Gasteiger partial charge in [0.2, 0.25) is 11.8 Å². The summed E-state index contributed by atoms with van der Waals surface area (Å²) in [5, 5.41) is 0. The molecule has 1 fully saturated rings. The van der Waals surface area contributed by atoms with Crippen LogP contribution < -0.4 is 4.74 Å². The van der Waals surface area contributed by atoms with E-state index in [1.165, 1.54) is 0 Å². The lowest BCUT2D eigenvalue weighted by Gasteiger charge is -2.32. The molecule has 0 N–H and O–H groups in total. The van der Waals surface area contributed by atoms with Crippen molar-refractivity contribution in [3.05, 3.63) is 42.1 Å². The van der Waals surface area contributed by atoms with Gasteiger partial charge in [0.15, 0.2) is 5.75 Å². The molecule has 1 aliphatic rings. The number of amides is 1. The number of carbonyl (C=O) groups excluding carboxylic acids is 1. The summed E-state index contributed by atoms with van der Waals surface area (Å²) in [6, 6.07) is 3.74. The average molecular weight is 383 g/mol. The van der Waals surface area contributed by atoms with Gasteiger partial charge in [-0.2, -0.15) is 0 Å². The maximum absolute atomic E-state index is 12.4. The molecule has 0 saturated carbocycles. The first-order valence-electron chi connectivity index (χ1n) is 10.0. The molecule has 2 aromatic heterocycles. The third-order valence-electron chi connectivity index (χ3n) is 5.31. The minimum atomic E-state index is 0.207. The number of pyridine rings is 1.